The average Bonchev–Trinajstić information content (AvgIpc) is 1.85. The SMILES string of the molecule is Cl.Nc1cccc(O)c1C(=O)O. The summed E-state index contributed by atoms with van der Waals surface area (Å²) >= 11 is 0. The highest BCUT2D eigenvalue weighted by Gasteiger charge is 2.11. The summed E-state index contributed by atoms with van der Waals surface area (Å²) < 4.78 is 0. The van der Waals surface area contributed by atoms with E-state index in [-0.39, 0.29) is 29.4 Å². The van der Waals surface area contributed by atoms with Crippen molar-refractivity contribution in [2.75, 3.05) is 5.73 Å². The van der Waals surface area contributed by atoms with Crippen molar-refractivity contribution >= 4 is 24.1 Å². The average molecular weight is 190 g/mol. The summed E-state index contributed by atoms with van der Waals surface area (Å²) in [5, 5.41) is 17.5. The van der Waals surface area contributed by atoms with Gasteiger partial charge in [-0.25, -0.2) is 4.79 Å². The number of benzene rings is 1. The Morgan fingerprint density at radius 3 is 2.33 bits per heavy atom. The lowest BCUT2D eigenvalue weighted by Gasteiger charge is -2.01. The van der Waals surface area contributed by atoms with Crippen molar-refractivity contribution in [3.8, 4) is 5.75 Å². The summed E-state index contributed by atoms with van der Waals surface area (Å²) in [4.78, 5) is 10.4. The molecule has 5 heteroatoms. The van der Waals surface area contributed by atoms with Crippen molar-refractivity contribution in [3.63, 3.8) is 0 Å². The minimum atomic E-state index is -1.22. The third-order valence-electron chi connectivity index (χ3n) is 1.29. The van der Waals surface area contributed by atoms with Crippen LogP contribution in [0.3, 0.4) is 0 Å². The molecule has 4 nitrogen and oxygen atoms in total. The predicted molar refractivity (Wildman–Crippen MR) is 46.7 cm³/mol. The Kier molecular flexibility index (Phi) is 3.37. The fourth-order valence-electron chi connectivity index (χ4n) is 0.791. The van der Waals surface area contributed by atoms with Crippen LogP contribution in [0.2, 0.25) is 0 Å². The molecule has 0 aromatic heterocycles. The number of aromatic carboxylic acids is 1. The molecule has 0 fully saturated rings. The second-order valence-electron chi connectivity index (χ2n) is 2.05. The fraction of sp³-hybridized carbons (Fsp3) is 0. The first-order valence-electron chi connectivity index (χ1n) is 2.93. The van der Waals surface area contributed by atoms with E-state index in [2.05, 4.69) is 0 Å². The number of carbonyl (C=O) groups is 1. The number of phenols is 1. The van der Waals surface area contributed by atoms with Gasteiger partial charge in [-0.1, -0.05) is 6.07 Å². The van der Waals surface area contributed by atoms with E-state index in [0.717, 1.165) is 0 Å². The van der Waals surface area contributed by atoms with Crippen molar-refractivity contribution in [1.29, 1.82) is 0 Å². The van der Waals surface area contributed by atoms with Gasteiger partial charge in [-0.05, 0) is 12.1 Å². The summed E-state index contributed by atoms with van der Waals surface area (Å²) in [6.45, 7) is 0. The summed E-state index contributed by atoms with van der Waals surface area (Å²) in [5.41, 5.74) is 5.11. The first-order valence-corrected chi connectivity index (χ1v) is 2.93. The number of aromatic hydroxyl groups is 1. The van der Waals surface area contributed by atoms with Crippen LogP contribution < -0.4 is 5.73 Å². The van der Waals surface area contributed by atoms with Crippen LogP contribution in [0.5, 0.6) is 5.75 Å². The van der Waals surface area contributed by atoms with E-state index in [1.54, 1.807) is 0 Å². The number of carboxylic acid groups (broad SMARTS) is 1. The molecule has 0 bridgehead atoms. The molecular weight excluding hydrogens is 182 g/mol. The second kappa shape index (κ2) is 3.82. The summed E-state index contributed by atoms with van der Waals surface area (Å²) in [7, 11) is 0. The van der Waals surface area contributed by atoms with Crippen molar-refractivity contribution in [3.05, 3.63) is 23.8 Å². The predicted octanol–water partition coefficient (Wildman–Crippen LogP) is 1.09. The third-order valence-corrected chi connectivity index (χ3v) is 1.29. The molecule has 4 N–H and O–H groups in total. The standard InChI is InChI=1S/C7H7NO3.ClH/c8-4-2-1-3-5(9)6(4)7(10)11;/h1-3,9H,8H2,(H,10,11);1H. The maximum absolute atomic E-state index is 10.4. The van der Waals surface area contributed by atoms with E-state index in [0.29, 0.717) is 0 Å². The molecule has 0 spiro atoms. The molecule has 0 saturated heterocycles. The Morgan fingerprint density at radius 2 is 2.00 bits per heavy atom. The second-order valence-corrected chi connectivity index (χ2v) is 2.05. The maximum Gasteiger partial charge on any atom is 0.341 e. The van der Waals surface area contributed by atoms with Gasteiger partial charge >= 0.3 is 5.97 Å². The topological polar surface area (TPSA) is 83.5 Å². The number of hydrogen-bond donors (Lipinski definition) is 3. The molecule has 0 unspecified atom stereocenters. The van der Waals surface area contributed by atoms with E-state index in [1.165, 1.54) is 18.2 Å². The van der Waals surface area contributed by atoms with Crippen LogP contribution in [0, 0.1) is 0 Å². The Morgan fingerprint density at radius 1 is 1.42 bits per heavy atom. The van der Waals surface area contributed by atoms with E-state index in [9.17, 15) is 4.79 Å². The monoisotopic (exact) mass is 189 g/mol. The Balaban J connectivity index is 0.00000121. The number of carboxylic acids is 1. The lowest BCUT2D eigenvalue weighted by atomic mass is 10.1. The van der Waals surface area contributed by atoms with E-state index >= 15 is 0 Å². The number of nitrogen functional groups attached to an aromatic ring is 1. The zero-order valence-corrected chi connectivity index (χ0v) is 6.84. The molecular formula is C7H8ClNO3. The van der Waals surface area contributed by atoms with Gasteiger partial charge in [-0.2, -0.15) is 0 Å². The zero-order chi connectivity index (χ0) is 8.43. The van der Waals surface area contributed by atoms with Gasteiger partial charge in [-0.15, -0.1) is 12.4 Å². The normalized spacial score (nSPS) is 8.67. The van der Waals surface area contributed by atoms with Gasteiger partial charge in [0.25, 0.3) is 0 Å². The molecule has 0 radical (unpaired) electrons. The van der Waals surface area contributed by atoms with Gasteiger partial charge in [-0.3, -0.25) is 0 Å². The summed E-state index contributed by atoms with van der Waals surface area (Å²) in [6, 6.07) is 4.18. The number of nitrogens with two attached hydrogens (primary N) is 1. The molecule has 0 aliphatic rings. The van der Waals surface area contributed by atoms with Crippen molar-refractivity contribution in [2.24, 2.45) is 0 Å². The van der Waals surface area contributed by atoms with E-state index < -0.39 is 5.97 Å². The highest BCUT2D eigenvalue weighted by atomic mass is 35.5. The minimum absolute atomic E-state index is 0. The van der Waals surface area contributed by atoms with Gasteiger partial charge in [0.05, 0.1) is 0 Å². The van der Waals surface area contributed by atoms with Gasteiger partial charge in [0.15, 0.2) is 0 Å². The van der Waals surface area contributed by atoms with Gasteiger partial charge < -0.3 is 15.9 Å². The summed E-state index contributed by atoms with van der Waals surface area (Å²) in [6.07, 6.45) is 0. The van der Waals surface area contributed by atoms with Crippen LogP contribution in [0.1, 0.15) is 10.4 Å². The number of halogens is 1. The van der Waals surface area contributed by atoms with Crippen LogP contribution in [-0.4, -0.2) is 16.2 Å². The first-order chi connectivity index (χ1) is 5.13. The molecule has 0 aliphatic carbocycles. The molecule has 0 heterocycles. The Bertz CT molecular complexity index is 280. The lowest BCUT2D eigenvalue weighted by molar-refractivity contribution is 0.0695. The van der Waals surface area contributed by atoms with Gasteiger partial charge in [0.2, 0.25) is 0 Å². The summed E-state index contributed by atoms with van der Waals surface area (Å²) in [5.74, 6) is -1.53. The molecule has 1 rings (SSSR count). The number of hydrogen-bond acceptors (Lipinski definition) is 3. The molecule has 0 amide bonds. The maximum atomic E-state index is 10.4. The van der Waals surface area contributed by atoms with E-state index in [1.807, 2.05) is 0 Å². The molecule has 12 heavy (non-hydrogen) atoms. The molecule has 1 aromatic rings. The van der Waals surface area contributed by atoms with Crippen molar-refractivity contribution < 1.29 is 15.0 Å². The van der Waals surface area contributed by atoms with Gasteiger partial charge in [0, 0.05) is 5.69 Å². The quantitative estimate of drug-likeness (QED) is 0.578. The van der Waals surface area contributed by atoms with Crippen LogP contribution in [0.4, 0.5) is 5.69 Å². The van der Waals surface area contributed by atoms with Crippen LogP contribution in [0.15, 0.2) is 18.2 Å². The molecule has 0 atom stereocenters. The highest BCUT2D eigenvalue weighted by molar-refractivity contribution is 5.96. The highest BCUT2D eigenvalue weighted by Crippen LogP contribution is 2.22. The molecule has 66 valence electrons. The van der Waals surface area contributed by atoms with Crippen molar-refractivity contribution in [1.82, 2.24) is 0 Å². The van der Waals surface area contributed by atoms with E-state index in [4.69, 9.17) is 15.9 Å². The number of rotatable bonds is 1. The first kappa shape index (κ1) is 10.6. The Hall–Kier alpha value is -1.42. The molecule has 0 saturated carbocycles. The van der Waals surface area contributed by atoms with Crippen LogP contribution in [-0.2, 0) is 0 Å². The van der Waals surface area contributed by atoms with Crippen LogP contribution >= 0.6 is 12.4 Å². The molecule has 1 aromatic carbocycles. The zero-order valence-electron chi connectivity index (χ0n) is 6.02. The Labute approximate surface area is 75.0 Å². The lowest BCUT2D eigenvalue weighted by Crippen LogP contribution is -2.01. The van der Waals surface area contributed by atoms with Crippen molar-refractivity contribution in [2.45, 2.75) is 0 Å². The third kappa shape index (κ3) is 1.79. The van der Waals surface area contributed by atoms with Crippen LogP contribution in [0.25, 0.3) is 0 Å². The largest absolute Gasteiger partial charge is 0.507 e. The fourth-order valence-corrected chi connectivity index (χ4v) is 0.791. The minimum Gasteiger partial charge on any atom is -0.507 e. The van der Waals surface area contributed by atoms with Gasteiger partial charge in [0.1, 0.15) is 11.3 Å². The molecule has 0 aliphatic heterocycles. The number of anilines is 1. The smallest absolute Gasteiger partial charge is 0.341 e.